The van der Waals surface area contributed by atoms with E-state index in [1.807, 2.05) is 72.8 Å². The van der Waals surface area contributed by atoms with E-state index < -0.39 is 5.97 Å². The molecule has 0 aromatic heterocycles. The molecule has 0 saturated carbocycles. The molecule has 47 heavy (non-hydrogen) atoms. The normalized spacial score (nSPS) is 13.1. The second-order valence-corrected chi connectivity index (χ2v) is 11.1. The van der Waals surface area contributed by atoms with Crippen LogP contribution >= 0.6 is 0 Å². The van der Waals surface area contributed by atoms with Gasteiger partial charge in [0.2, 0.25) is 6.79 Å². The van der Waals surface area contributed by atoms with Crippen LogP contribution in [0, 0.1) is 0 Å². The minimum atomic E-state index is -0.410. The molecule has 0 saturated heterocycles. The molecular weight excluding hydrogens is 594 g/mol. The first-order chi connectivity index (χ1) is 22.9. The molecule has 0 radical (unpaired) electrons. The van der Waals surface area contributed by atoms with Gasteiger partial charge >= 0.3 is 11.9 Å². The van der Waals surface area contributed by atoms with Crippen LogP contribution in [0.4, 0.5) is 0 Å². The Morgan fingerprint density at radius 1 is 0.745 bits per heavy atom. The Kier molecular flexibility index (Phi) is 11.3. The van der Waals surface area contributed by atoms with E-state index in [0.29, 0.717) is 29.4 Å². The van der Waals surface area contributed by atoms with Crippen LogP contribution in [0.15, 0.2) is 97.1 Å². The van der Waals surface area contributed by atoms with E-state index in [0.717, 1.165) is 53.1 Å². The number of nitrogens with zero attached hydrogens (tertiary/aromatic N) is 1. The first kappa shape index (κ1) is 33.3. The molecule has 0 amide bonds. The van der Waals surface area contributed by atoms with E-state index in [2.05, 4.69) is 25.7 Å². The summed E-state index contributed by atoms with van der Waals surface area (Å²) in [6.07, 6.45) is 0.364. The number of carbonyl (C=O) groups excluding carboxylic acids is 2. The van der Waals surface area contributed by atoms with E-state index in [-0.39, 0.29) is 25.5 Å². The number of hydrogen-bond acceptors (Lipinski definition) is 8. The van der Waals surface area contributed by atoms with Crippen molar-refractivity contribution < 1.29 is 33.3 Å². The van der Waals surface area contributed by atoms with Gasteiger partial charge in [-0.15, -0.1) is 0 Å². The smallest absolute Gasteiger partial charge is 0.343 e. The molecule has 1 aliphatic rings. The lowest BCUT2D eigenvalue weighted by Crippen LogP contribution is -2.38. The molecule has 4 aromatic carbocycles. The summed E-state index contributed by atoms with van der Waals surface area (Å²) in [6.45, 7) is 10.5. The van der Waals surface area contributed by atoms with Crippen LogP contribution in [0.3, 0.4) is 0 Å². The van der Waals surface area contributed by atoms with Gasteiger partial charge in [-0.25, -0.2) is 4.79 Å². The molecule has 0 bridgehead atoms. The van der Waals surface area contributed by atoms with Crippen molar-refractivity contribution in [1.29, 1.82) is 0 Å². The summed E-state index contributed by atoms with van der Waals surface area (Å²) in [5.74, 6) is 1.84. The van der Waals surface area contributed by atoms with Crippen molar-refractivity contribution in [1.82, 2.24) is 4.90 Å². The van der Waals surface area contributed by atoms with Gasteiger partial charge in [-0.2, -0.15) is 0 Å². The number of rotatable bonds is 14. The fraction of sp³-hybridized carbons (Fsp3) is 0.282. The van der Waals surface area contributed by atoms with Crippen LogP contribution in [-0.2, 0) is 9.53 Å². The lowest BCUT2D eigenvalue weighted by atomic mass is 9.88. The number of allylic oxidation sites excluding steroid dienone is 1. The molecule has 8 nitrogen and oxygen atoms in total. The zero-order valence-electron chi connectivity index (χ0n) is 27.4. The van der Waals surface area contributed by atoms with Gasteiger partial charge in [0.25, 0.3) is 0 Å². The molecule has 1 aliphatic heterocycles. The van der Waals surface area contributed by atoms with Gasteiger partial charge in [0.1, 0.15) is 24.2 Å². The minimum Gasteiger partial charge on any atom is -0.490 e. The van der Waals surface area contributed by atoms with E-state index in [1.165, 1.54) is 6.92 Å². The number of benzene rings is 4. The number of carbonyl (C=O) groups is 2. The van der Waals surface area contributed by atoms with Gasteiger partial charge in [-0.3, -0.25) is 4.79 Å². The summed E-state index contributed by atoms with van der Waals surface area (Å²) >= 11 is 0. The third-order valence-corrected chi connectivity index (χ3v) is 8.01. The third kappa shape index (κ3) is 8.60. The third-order valence-electron chi connectivity index (χ3n) is 8.01. The van der Waals surface area contributed by atoms with E-state index in [4.69, 9.17) is 23.7 Å². The zero-order chi connectivity index (χ0) is 33.2. The van der Waals surface area contributed by atoms with Crippen LogP contribution in [0.5, 0.6) is 23.0 Å². The quantitative estimate of drug-likeness (QED) is 0.0794. The molecule has 0 aliphatic carbocycles. The molecule has 1 atom stereocenters. The topological polar surface area (TPSA) is 83.5 Å². The molecule has 5 rings (SSSR count). The summed E-state index contributed by atoms with van der Waals surface area (Å²) in [5.41, 5.74) is 5.59. The highest BCUT2D eigenvalue weighted by Crippen LogP contribution is 2.40. The Hall–Kier alpha value is -5.08. The largest absolute Gasteiger partial charge is 0.490 e. The molecule has 1 heterocycles. The Balaban J connectivity index is 1.44. The zero-order valence-corrected chi connectivity index (χ0v) is 27.4. The first-order valence-corrected chi connectivity index (χ1v) is 16.0. The maximum atomic E-state index is 12.7. The molecule has 0 N–H and O–H groups in total. The number of hydrogen-bond donors (Lipinski definition) is 0. The Bertz CT molecular complexity index is 1680. The van der Waals surface area contributed by atoms with Gasteiger partial charge in [-0.05, 0) is 95.9 Å². The summed E-state index contributed by atoms with van der Waals surface area (Å²) in [6, 6.07) is 30.4. The molecule has 0 spiro atoms. The lowest BCUT2D eigenvalue weighted by Gasteiger charge is -2.25. The summed E-state index contributed by atoms with van der Waals surface area (Å²) < 4.78 is 28.6. The number of fused-ring (bicyclic) bond motifs is 1. The van der Waals surface area contributed by atoms with Crippen LogP contribution < -0.4 is 18.9 Å². The highest BCUT2D eigenvalue weighted by atomic mass is 16.7. The van der Waals surface area contributed by atoms with E-state index in [1.54, 1.807) is 24.3 Å². The van der Waals surface area contributed by atoms with Crippen molar-refractivity contribution in [3.63, 3.8) is 0 Å². The second kappa shape index (κ2) is 16.0. The van der Waals surface area contributed by atoms with Gasteiger partial charge in [0, 0.05) is 13.5 Å². The van der Waals surface area contributed by atoms with Gasteiger partial charge in [0.05, 0.1) is 5.56 Å². The maximum absolute atomic E-state index is 12.7. The van der Waals surface area contributed by atoms with Crippen molar-refractivity contribution in [3.05, 3.63) is 119 Å². The molecule has 8 heteroatoms. The van der Waals surface area contributed by atoms with Crippen LogP contribution in [0.1, 0.15) is 61.2 Å². The minimum absolute atomic E-state index is 0.203. The van der Waals surface area contributed by atoms with Gasteiger partial charge in [-0.1, -0.05) is 69.3 Å². The lowest BCUT2D eigenvalue weighted by molar-refractivity contribution is -0.148. The fourth-order valence-corrected chi connectivity index (χ4v) is 5.59. The van der Waals surface area contributed by atoms with Crippen molar-refractivity contribution in [2.75, 3.05) is 33.0 Å². The second-order valence-electron chi connectivity index (χ2n) is 11.1. The Morgan fingerprint density at radius 2 is 1.36 bits per heavy atom. The average molecular weight is 636 g/mol. The van der Waals surface area contributed by atoms with Crippen LogP contribution in [0.25, 0.3) is 11.1 Å². The SMILES string of the molecule is CCC(=C(c1ccc(OCC(CN(CC)CC)OC(C)=O)cc1)c1ccc(OC(=O)c2ccccc2)cc1)c1ccc2c(c1)OCO2. The molecule has 0 fully saturated rings. The van der Waals surface area contributed by atoms with Crippen molar-refractivity contribution in [3.8, 4) is 23.0 Å². The highest BCUT2D eigenvalue weighted by molar-refractivity contribution is 5.99. The summed E-state index contributed by atoms with van der Waals surface area (Å²) in [5, 5.41) is 0. The van der Waals surface area contributed by atoms with E-state index >= 15 is 0 Å². The van der Waals surface area contributed by atoms with Gasteiger partial charge < -0.3 is 28.6 Å². The molecule has 244 valence electrons. The maximum Gasteiger partial charge on any atom is 0.343 e. The standard InChI is InChI=1S/C39H41NO7/c1-5-35(31-17-22-36-37(23-31)45-26-44-36)38(29-15-20-33(21-16-29)47-39(42)30-11-9-8-10-12-30)28-13-18-32(19-14-28)43-25-34(46-27(4)41)24-40(6-2)7-3/h8-23,34H,5-7,24-26H2,1-4H3. The van der Waals surface area contributed by atoms with Crippen molar-refractivity contribution in [2.24, 2.45) is 0 Å². The molecule has 4 aromatic rings. The number of ether oxygens (including phenoxy) is 5. The van der Waals surface area contributed by atoms with Gasteiger partial charge in [0.15, 0.2) is 11.5 Å². The van der Waals surface area contributed by atoms with E-state index in [9.17, 15) is 9.59 Å². The van der Waals surface area contributed by atoms with Crippen LogP contribution in [0.2, 0.25) is 0 Å². The summed E-state index contributed by atoms with van der Waals surface area (Å²) in [7, 11) is 0. The monoisotopic (exact) mass is 635 g/mol. The fourth-order valence-electron chi connectivity index (χ4n) is 5.59. The number of likely N-dealkylation sites (N-methyl/N-ethyl adjacent to an activating group) is 1. The summed E-state index contributed by atoms with van der Waals surface area (Å²) in [4.78, 5) is 26.6. The van der Waals surface area contributed by atoms with Crippen molar-refractivity contribution in [2.45, 2.75) is 40.2 Å². The predicted octanol–water partition coefficient (Wildman–Crippen LogP) is 7.66. The predicted molar refractivity (Wildman–Crippen MR) is 182 cm³/mol. The highest BCUT2D eigenvalue weighted by Gasteiger charge is 2.20. The first-order valence-electron chi connectivity index (χ1n) is 16.0. The number of esters is 2. The average Bonchev–Trinajstić information content (AvgIpc) is 3.57. The molecule has 1 unspecified atom stereocenters. The van der Waals surface area contributed by atoms with Crippen molar-refractivity contribution >= 4 is 23.1 Å². The Morgan fingerprint density at radius 3 is 1.98 bits per heavy atom. The van der Waals surface area contributed by atoms with Crippen LogP contribution in [-0.4, -0.2) is 56.0 Å². The molecular formula is C39H41NO7. The Labute approximate surface area is 276 Å².